The highest BCUT2D eigenvalue weighted by Crippen LogP contribution is 2.20. The second kappa shape index (κ2) is 3.47. The molecule has 1 fully saturated rings. The van der Waals surface area contributed by atoms with Gasteiger partial charge in [0.2, 0.25) is 0 Å². The van der Waals surface area contributed by atoms with E-state index in [4.69, 9.17) is 21.1 Å². The highest BCUT2D eigenvalue weighted by atomic mass is 35.5. The molecule has 0 bridgehead atoms. The molecule has 1 aromatic rings. The Morgan fingerprint density at radius 3 is 2.92 bits per heavy atom. The van der Waals surface area contributed by atoms with E-state index in [0.29, 0.717) is 13.2 Å². The molecule has 0 aliphatic carbocycles. The molecule has 1 aliphatic heterocycles. The third kappa shape index (κ3) is 1.89. The first-order chi connectivity index (χ1) is 6.25. The highest BCUT2D eigenvalue weighted by molar-refractivity contribution is 6.30. The summed E-state index contributed by atoms with van der Waals surface area (Å²) >= 11 is 5.52. The summed E-state index contributed by atoms with van der Waals surface area (Å²) in [5, 5.41) is 0.259. The van der Waals surface area contributed by atoms with E-state index < -0.39 is 5.82 Å². The maximum atomic E-state index is 13.1. The van der Waals surface area contributed by atoms with Crippen LogP contribution in [0.15, 0.2) is 12.3 Å². The fourth-order valence-electron chi connectivity index (χ4n) is 0.929. The lowest BCUT2D eigenvalue weighted by Gasteiger charge is -2.26. The van der Waals surface area contributed by atoms with Gasteiger partial charge >= 0.3 is 0 Å². The minimum atomic E-state index is -0.542. The van der Waals surface area contributed by atoms with Crippen LogP contribution in [0.3, 0.4) is 0 Å². The Hall–Kier alpha value is -0.870. The number of hydrogen-bond acceptors (Lipinski definition) is 3. The van der Waals surface area contributed by atoms with Crippen LogP contribution < -0.4 is 4.74 Å². The second-order valence-corrected chi connectivity index (χ2v) is 3.15. The first-order valence-electron chi connectivity index (χ1n) is 3.81. The Morgan fingerprint density at radius 2 is 2.38 bits per heavy atom. The third-order valence-corrected chi connectivity index (χ3v) is 1.87. The molecule has 0 spiro atoms. The van der Waals surface area contributed by atoms with E-state index in [1.807, 2.05) is 0 Å². The average molecular weight is 204 g/mol. The van der Waals surface area contributed by atoms with Gasteiger partial charge in [-0.3, -0.25) is 0 Å². The van der Waals surface area contributed by atoms with Crippen molar-refractivity contribution < 1.29 is 13.9 Å². The molecule has 2 heterocycles. The van der Waals surface area contributed by atoms with Gasteiger partial charge in [0.15, 0.2) is 5.82 Å². The predicted octanol–water partition coefficient (Wildman–Crippen LogP) is 1.65. The van der Waals surface area contributed by atoms with Crippen LogP contribution in [-0.4, -0.2) is 24.3 Å². The van der Waals surface area contributed by atoms with E-state index in [1.165, 1.54) is 12.3 Å². The van der Waals surface area contributed by atoms with Crippen molar-refractivity contribution >= 4 is 11.6 Å². The zero-order valence-electron chi connectivity index (χ0n) is 6.67. The molecular formula is C8H7ClFNO2. The minimum absolute atomic E-state index is 0.0160. The Labute approximate surface area is 79.4 Å². The summed E-state index contributed by atoms with van der Waals surface area (Å²) in [6.07, 6.45) is 1.27. The molecule has 13 heavy (non-hydrogen) atoms. The molecule has 0 N–H and O–H groups in total. The Morgan fingerprint density at radius 1 is 1.62 bits per heavy atom. The van der Waals surface area contributed by atoms with Crippen molar-refractivity contribution in [3.63, 3.8) is 0 Å². The van der Waals surface area contributed by atoms with Crippen molar-refractivity contribution in [2.45, 2.75) is 6.10 Å². The average Bonchev–Trinajstić information content (AvgIpc) is 1.99. The van der Waals surface area contributed by atoms with Crippen LogP contribution in [0, 0.1) is 5.82 Å². The largest absolute Gasteiger partial charge is 0.467 e. The third-order valence-electron chi connectivity index (χ3n) is 1.66. The number of ether oxygens (including phenoxy) is 2. The van der Waals surface area contributed by atoms with Gasteiger partial charge in [-0.2, -0.15) is 0 Å². The summed E-state index contributed by atoms with van der Waals surface area (Å²) in [5.74, 6) is -0.558. The summed E-state index contributed by atoms with van der Waals surface area (Å²) in [5.41, 5.74) is 0. The molecule has 3 nitrogen and oxygen atoms in total. The first-order valence-corrected chi connectivity index (χ1v) is 4.19. The van der Waals surface area contributed by atoms with Gasteiger partial charge in [-0.05, 0) is 6.07 Å². The fraction of sp³-hybridized carbons (Fsp3) is 0.375. The minimum Gasteiger partial charge on any atom is -0.467 e. The van der Waals surface area contributed by atoms with Crippen LogP contribution in [0.5, 0.6) is 5.88 Å². The van der Waals surface area contributed by atoms with Crippen molar-refractivity contribution in [2.24, 2.45) is 0 Å². The highest BCUT2D eigenvalue weighted by Gasteiger charge is 2.22. The Kier molecular flexibility index (Phi) is 2.33. The lowest BCUT2D eigenvalue weighted by Crippen LogP contribution is -2.39. The van der Waals surface area contributed by atoms with E-state index in [2.05, 4.69) is 4.98 Å². The van der Waals surface area contributed by atoms with Gasteiger partial charge in [0.25, 0.3) is 5.88 Å². The molecule has 0 radical (unpaired) electrons. The summed E-state index contributed by atoms with van der Waals surface area (Å²) in [7, 11) is 0. The molecule has 0 aromatic carbocycles. The van der Waals surface area contributed by atoms with Crippen LogP contribution in [0.2, 0.25) is 5.02 Å². The number of halogens is 2. The number of aromatic nitrogens is 1. The quantitative estimate of drug-likeness (QED) is 0.733. The SMILES string of the molecule is Fc1cc(Cl)cnc1OC1COC1. The summed E-state index contributed by atoms with van der Waals surface area (Å²) in [4.78, 5) is 3.71. The molecule has 0 amide bonds. The molecule has 1 aromatic heterocycles. The number of rotatable bonds is 2. The monoisotopic (exact) mass is 203 g/mol. The van der Waals surface area contributed by atoms with E-state index >= 15 is 0 Å². The smallest absolute Gasteiger partial charge is 0.250 e. The molecule has 0 saturated carbocycles. The van der Waals surface area contributed by atoms with Crippen LogP contribution in [0.1, 0.15) is 0 Å². The molecule has 1 saturated heterocycles. The van der Waals surface area contributed by atoms with Crippen molar-refractivity contribution in [3.05, 3.63) is 23.1 Å². The lowest BCUT2D eigenvalue weighted by atomic mass is 10.3. The van der Waals surface area contributed by atoms with Gasteiger partial charge in [0, 0.05) is 6.20 Å². The van der Waals surface area contributed by atoms with Gasteiger partial charge in [-0.15, -0.1) is 0 Å². The topological polar surface area (TPSA) is 31.4 Å². The fourth-order valence-corrected chi connectivity index (χ4v) is 1.07. The van der Waals surface area contributed by atoms with E-state index in [9.17, 15) is 4.39 Å². The summed E-state index contributed by atoms with van der Waals surface area (Å²) in [6.45, 7) is 0.980. The molecular weight excluding hydrogens is 197 g/mol. The normalized spacial score (nSPS) is 16.8. The standard InChI is InChI=1S/C8H7ClFNO2/c9-5-1-7(10)8(11-2-5)13-6-3-12-4-6/h1-2,6H,3-4H2. The van der Waals surface area contributed by atoms with Gasteiger partial charge in [0.1, 0.15) is 6.10 Å². The van der Waals surface area contributed by atoms with Crippen molar-refractivity contribution in [1.82, 2.24) is 4.98 Å². The predicted molar refractivity (Wildman–Crippen MR) is 44.4 cm³/mol. The van der Waals surface area contributed by atoms with Crippen LogP contribution in [0.4, 0.5) is 4.39 Å². The summed E-state index contributed by atoms with van der Waals surface area (Å²) in [6, 6.07) is 1.17. The molecule has 70 valence electrons. The van der Waals surface area contributed by atoms with Crippen LogP contribution in [-0.2, 0) is 4.74 Å². The van der Waals surface area contributed by atoms with Crippen molar-refractivity contribution in [1.29, 1.82) is 0 Å². The molecule has 5 heteroatoms. The van der Waals surface area contributed by atoms with Crippen molar-refractivity contribution in [3.8, 4) is 5.88 Å². The zero-order valence-corrected chi connectivity index (χ0v) is 7.42. The molecule has 0 atom stereocenters. The Balaban J connectivity index is 2.10. The van der Waals surface area contributed by atoms with Crippen molar-refractivity contribution in [2.75, 3.05) is 13.2 Å². The molecule has 2 rings (SSSR count). The number of nitrogens with zero attached hydrogens (tertiary/aromatic N) is 1. The lowest BCUT2D eigenvalue weighted by molar-refractivity contribution is -0.0826. The van der Waals surface area contributed by atoms with Gasteiger partial charge in [-0.1, -0.05) is 11.6 Å². The van der Waals surface area contributed by atoms with E-state index in [-0.39, 0.29) is 17.0 Å². The number of hydrogen-bond donors (Lipinski definition) is 0. The summed E-state index contributed by atoms with van der Waals surface area (Å²) < 4.78 is 23.1. The van der Waals surface area contributed by atoms with Gasteiger partial charge < -0.3 is 9.47 Å². The van der Waals surface area contributed by atoms with E-state index in [0.717, 1.165) is 0 Å². The zero-order chi connectivity index (χ0) is 9.26. The van der Waals surface area contributed by atoms with Crippen LogP contribution in [0.25, 0.3) is 0 Å². The number of pyridine rings is 1. The maximum Gasteiger partial charge on any atom is 0.250 e. The van der Waals surface area contributed by atoms with E-state index in [1.54, 1.807) is 0 Å². The van der Waals surface area contributed by atoms with Gasteiger partial charge in [-0.25, -0.2) is 9.37 Å². The Bertz CT molecular complexity index is 317. The second-order valence-electron chi connectivity index (χ2n) is 2.72. The van der Waals surface area contributed by atoms with Gasteiger partial charge in [0.05, 0.1) is 18.2 Å². The van der Waals surface area contributed by atoms with Crippen LogP contribution >= 0.6 is 11.6 Å². The molecule has 1 aliphatic rings. The maximum absolute atomic E-state index is 13.1. The first kappa shape index (κ1) is 8.72. The molecule has 0 unspecified atom stereocenters.